The van der Waals surface area contributed by atoms with E-state index in [1.165, 1.54) is 0 Å². The monoisotopic (exact) mass is 311 g/mol. The Kier molecular flexibility index (Phi) is 4.07. The van der Waals surface area contributed by atoms with Gasteiger partial charge in [-0.1, -0.05) is 22.0 Å². The molecule has 98 valence electrons. The van der Waals surface area contributed by atoms with Gasteiger partial charge < -0.3 is 9.64 Å². The van der Waals surface area contributed by atoms with Crippen LogP contribution in [0.4, 0.5) is 0 Å². The fourth-order valence-electron chi connectivity index (χ4n) is 2.17. The summed E-state index contributed by atoms with van der Waals surface area (Å²) in [6.07, 6.45) is 0.109. The molecule has 0 bridgehead atoms. The van der Waals surface area contributed by atoms with Gasteiger partial charge in [0, 0.05) is 16.6 Å². The zero-order valence-electron chi connectivity index (χ0n) is 10.9. The average molecular weight is 312 g/mol. The highest BCUT2D eigenvalue weighted by atomic mass is 79.9. The summed E-state index contributed by atoms with van der Waals surface area (Å²) in [4.78, 5) is 14.5. The number of halogens is 1. The van der Waals surface area contributed by atoms with E-state index in [0.717, 1.165) is 15.6 Å². The zero-order chi connectivity index (χ0) is 13.3. The lowest BCUT2D eigenvalue weighted by Crippen LogP contribution is -2.50. The molecule has 0 radical (unpaired) electrons. The maximum absolute atomic E-state index is 12.6. The smallest absolute Gasteiger partial charge is 0.254 e. The standard InChI is InChI=1S/C14H18BrNO2/c1-9-4-5-12(15)6-13(9)14(17)16-7-11(3)18-8-10(16)2/h4-6,10-11H,7-8H2,1-3H3. The number of hydrogen-bond donors (Lipinski definition) is 0. The number of ether oxygens (including phenoxy) is 1. The molecule has 2 unspecified atom stereocenters. The summed E-state index contributed by atoms with van der Waals surface area (Å²) in [6.45, 7) is 7.26. The lowest BCUT2D eigenvalue weighted by Gasteiger charge is -2.37. The maximum atomic E-state index is 12.6. The molecule has 1 aromatic carbocycles. The van der Waals surface area contributed by atoms with E-state index in [2.05, 4.69) is 15.9 Å². The lowest BCUT2D eigenvalue weighted by atomic mass is 10.1. The molecule has 0 saturated carbocycles. The third-order valence-electron chi connectivity index (χ3n) is 3.30. The van der Waals surface area contributed by atoms with E-state index in [4.69, 9.17) is 4.74 Å². The SMILES string of the molecule is Cc1ccc(Br)cc1C(=O)N1CC(C)OCC1C. The van der Waals surface area contributed by atoms with Crippen molar-refractivity contribution in [2.75, 3.05) is 13.2 Å². The van der Waals surface area contributed by atoms with Crippen LogP contribution in [0.3, 0.4) is 0 Å². The Bertz CT molecular complexity index is 461. The first-order valence-corrected chi connectivity index (χ1v) is 6.97. The van der Waals surface area contributed by atoms with Crippen molar-refractivity contribution in [3.8, 4) is 0 Å². The van der Waals surface area contributed by atoms with Crippen LogP contribution in [-0.4, -0.2) is 36.1 Å². The highest BCUT2D eigenvalue weighted by Gasteiger charge is 2.28. The molecule has 1 aliphatic heterocycles. The van der Waals surface area contributed by atoms with Crippen molar-refractivity contribution in [1.82, 2.24) is 4.90 Å². The minimum Gasteiger partial charge on any atom is -0.375 e. The first kappa shape index (κ1) is 13.6. The maximum Gasteiger partial charge on any atom is 0.254 e. The zero-order valence-corrected chi connectivity index (χ0v) is 12.5. The number of benzene rings is 1. The van der Waals surface area contributed by atoms with E-state index in [0.29, 0.717) is 13.2 Å². The lowest BCUT2D eigenvalue weighted by molar-refractivity contribution is -0.0387. The number of rotatable bonds is 1. The van der Waals surface area contributed by atoms with Crippen molar-refractivity contribution in [2.45, 2.75) is 32.9 Å². The summed E-state index contributed by atoms with van der Waals surface area (Å²) in [5.41, 5.74) is 1.78. The van der Waals surface area contributed by atoms with Crippen LogP contribution in [0.1, 0.15) is 29.8 Å². The molecule has 2 rings (SSSR count). The average Bonchev–Trinajstić information content (AvgIpc) is 2.34. The third-order valence-corrected chi connectivity index (χ3v) is 3.79. The summed E-state index contributed by atoms with van der Waals surface area (Å²) >= 11 is 3.42. The molecule has 3 nitrogen and oxygen atoms in total. The highest BCUT2D eigenvalue weighted by molar-refractivity contribution is 9.10. The summed E-state index contributed by atoms with van der Waals surface area (Å²) in [5, 5.41) is 0. The predicted molar refractivity (Wildman–Crippen MR) is 74.8 cm³/mol. The molecule has 1 saturated heterocycles. The highest BCUT2D eigenvalue weighted by Crippen LogP contribution is 2.21. The van der Waals surface area contributed by atoms with Crippen LogP contribution >= 0.6 is 15.9 Å². The van der Waals surface area contributed by atoms with Crippen LogP contribution in [-0.2, 0) is 4.74 Å². The Morgan fingerprint density at radius 2 is 2.17 bits per heavy atom. The van der Waals surface area contributed by atoms with Gasteiger partial charge >= 0.3 is 0 Å². The molecular formula is C14H18BrNO2. The van der Waals surface area contributed by atoms with Gasteiger partial charge in [0.2, 0.25) is 0 Å². The fraction of sp³-hybridized carbons (Fsp3) is 0.500. The first-order chi connectivity index (χ1) is 8.49. The Morgan fingerprint density at radius 1 is 1.44 bits per heavy atom. The van der Waals surface area contributed by atoms with Gasteiger partial charge in [0.25, 0.3) is 5.91 Å². The molecule has 0 N–H and O–H groups in total. The second-order valence-electron chi connectivity index (χ2n) is 4.91. The van der Waals surface area contributed by atoms with E-state index in [1.807, 2.05) is 43.9 Å². The molecule has 0 aliphatic carbocycles. The van der Waals surface area contributed by atoms with Crippen LogP contribution in [0.15, 0.2) is 22.7 Å². The second-order valence-corrected chi connectivity index (χ2v) is 5.83. The molecule has 4 heteroatoms. The summed E-state index contributed by atoms with van der Waals surface area (Å²) in [5.74, 6) is 0.0939. The Morgan fingerprint density at radius 3 is 2.89 bits per heavy atom. The van der Waals surface area contributed by atoms with Crippen LogP contribution in [0.25, 0.3) is 0 Å². The molecule has 2 atom stereocenters. The topological polar surface area (TPSA) is 29.5 Å². The van der Waals surface area contributed by atoms with E-state index in [1.54, 1.807) is 0 Å². The number of hydrogen-bond acceptors (Lipinski definition) is 2. The van der Waals surface area contributed by atoms with E-state index >= 15 is 0 Å². The van der Waals surface area contributed by atoms with Gasteiger partial charge in [-0.25, -0.2) is 0 Å². The molecule has 1 fully saturated rings. The van der Waals surface area contributed by atoms with Gasteiger partial charge in [-0.15, -0.1) is 0 Å². The van der Waals surface area contributed by atoms with Gasteiger partial charge in [0.05, 0.1) is 18.8 Å². The molecule has 1 aliphatic rings. The fourth-order valence-corrected chi connectivity index (χ4v) is 2.53. The van der Waals surface area contributed by atoms with Gasteiger partial charge in [0.15, 0.2) is 0 Å². The van der Waals surface area contributed by atoms with Crippen molar-refractivity contribution in [2.24, 2.45) is 0 Å². The number of nitrogens with zero attached hydrogens (tertiary/aromatic N) is 1. The molecular weight excluding hydrogens is 294 g/mol. The van der Waals surface area contributed by atoms with Crippen molar-refractivity contribution in [1.29, 1.82) is 0 Å². The molecule has 18 heavy (non-hydrogen) atoms. The number of morpholine rings is 1. The van der Waals surface area contributed by atoms with Crippen LogP contribution in [0.2, 0.25) is 0 Å². The summed E-state index contributed by atoms with van der Waals surface area (Å²) < 4.78 is 6.49. The van der Waals surface area contributed by atoms with Gasteiger partial charge in [-0.2, -0.15) is 0 Å². The Hall–Kier alpha value is -0.870. The number of carbonyl (C=O) groups excluding carboxylic acids is 1. The van der Waals surface area contributed by atoms with Crippen molar-refractivity contribution >= 4 is 21.8 Å². The number of aryl methyl sites for hydroxylation is 1. The number of carbonyl (C=O) groups is 1. The molecule has 1 amide bonds. The molecule has 0 aromatic heterocycles. The van der Waals surface area contributed by atoms with Gasteiger partial charge in [-0.3, -0.25) is 4.79 Å². The minimum atomic E-state index is 0.0939. The Balaban J connectivity index is 2.27. The van der Waals surface area contributed by atoms with Gasteiger partial charge in [-0.05, 0) is 38.5 Å². The number of amides is 1. The van der Waals surface area contributed by atoms with E-state index in [9.17, 15) is 4.79 Å². The summed E-state index contributed by atoms with van der Waals surface area (Å²) in [6, 6.07) is 5.94. The first-order valence-electron chi connectivity index (χ1n) is 6.17. The van der Waals surface area contributed by atoms with Gasteiger partial charge in [0.1, 0.15) is 0 Å². The molecule has 1 heterocycles. The van der Waals surface area contributed by atoms with Crippen molar-refractivity contribution in [3.05, 3.63) is 33.8 Å². The Labute approximate surface area is 116 Å². The normalized spacial score (nSPS) is 24.1. The second kappa shape index (κ2) is 5.41. The molecule has 0 spiro atoms. The van der Waals surface area contributed by atoms with Crippen molar-refractivity contribution < 1.29 is 9.53 Å². The van der Waals surface area contributed by atoms with Crippen molar-refractivity contribution in [3.63, 3.8) is 0 Å². The van der Waals surface area contributed by atoms with E-state index in [-0.39, 0.29) is 18.1 Å². The van der Waals surface area contributed by atoms with Crippen LogP contribution < -0.4 is 0 Å². The largest absolute Gasteiger partial charge is 0.375 e. The van der Waals surface area contributed by atoms with Crippen LogP contribution in [0, 0.1) is 6.92 Å². The van der Waals surface area contributed by atoms with E-state index < -0.39 is 0 Å². The predicted octanol–water partition coefficient (Wildman–Crippen LogP) is 3.01. The third kappa shape index (κ3) is 2.75. The molecule has 1 aromatic rings. The quantitative estimate of drug-likeness (QED) is 0.798. The minimum absolute atomic E-state index is 0.0939. The van der Waals surface area contributed by atoms with Crippen LogP contribution in [0.5, 0.6) is 0 Å². The summed E-state index contributed by atoms with van der Waals surface area (Å²) in [7, 11) is 0.